The van der Waals surface area contributed by atoms with Crippen LogP contribution < -0.4 is 0 Å². The molecule has 0 bridgehead atoms. The molecule has 0 fully saturated rings. The van der Waals surface area contributed by atoms with Crippen LogP contribution in [0.1, 0.15) is 101 Å². The minimum Gasteiger partial charge on any atom is -0.143 e. The molecule has 0 radical (unpaired) electrons. The summed E-state index contributed by atoms with van der Waals surface area (Å²) < 4.78 is 1.21. The Balaban J connectivity index is 1.96. The fraction of sp³-hybridized carbons (Fsp3) is 0.538. The van der Waals surface area contributed by atoms with E-state index in [4.69, 9.17) is 12.6 Å². The Bertz CT molecular complexity index is 702. The minimum absolute atomic E-state index is 0.627. The van der Waals surface area contributed by atoms with Gasteiger partial charge in [-0.2, -0.15) is 0 Å². The molecule has 0 spiro atoms. The van der Waals surface area contributed by atoms with Gasteiger partial charge >= 0.3 is 0 Å². The molecule has 1 aliphatic rings. The molecule has 3 rings (SSSR count). The first-order valence-corrected chi connectivity index (χ1v) is 12.5. The van der Waals surface area contributed by atoms with Gasteiger partial charge in [-0.1, -0.05) is 93.3 Å². The molecule has 2 aromatic rings. The second-order valence-electron chi connectivity index (χ2n) is 8.41. The van der Waals surface area contributed by atoms with E-state index in [0.29, 0.717) is 11.8 Å². The molecular weight excluding hydrogens is 424 g/mol. The van der Waals surface area contributed by atoms with Crippen LogP contribution in [-0.4, -0.2) is 0 Å². The van der Waals surface area contributed by atoms with Gasteiger partial charge in [-0.3, -0.25) is 0 Å². The Hall–Kier alpha value is -0.730. The third-order valence-corrected chi connectivity index (χ3v) is 7.13. The van der Waals surface area contributed by atoms with Crippen LogP contribution in [0.15, 0.2) is 45.8 Å². The van der Waals surface area contributed by atoms with Crippen molar-refractivity contribution in [1.82, 2.24) is 0 Å². The van der Waals surface area contributed by atoms with E-state index in [1.807, 2.05) is 0 Å². The van der Waals surface area contributed by atoms with E-state index >= 15 is 0 Å². The topological polar surface area (TPSA) is 0 Å². The minimum atomic E-state index is 0.627. The average Bonchev–Trinajstić information content (AvgIpc) is 2.69. The van der Waals surface area contributed by atoms with Crippen LogP contribution in [0.4, 0.5) is 0 Å². The van der Waals surface area contributed by atoms with Crippen molar-refractivity contribution in [2.45, 2.75) is 94.8 Å². The van der Waals surface area contributed by atoms with Crippen molar-refractivity contribution < 1.29 is 0 Å². The summed E-state index contributed by atoms with van der Waals surface area (Å²) >= 11 is 8.43. The van der Waals surface area contributed by atoms with Crippen LogP contribution in [0.2, 0.25) is 0 Å². The lowest BCUT2D eigenvalue weighted by molar-refractivity contribution is 0.433. The van der Waals surface area contributed by atoms with E-state index in [0.717, 1.165) is 4.90 Å². The van der Waals surface area contributed by atoms with Crippen molar-refractivity contribution in [3.63, 3.8) is 0 Å². The number of unbranched alkanes of at least 4 members (excludes halogenated alkanes) is 6. The zero-order valence-corrected chi connectivity index (χ0v) is 20.0. The highest BCUT2D eigenvalue weighted by atomic mass is 79.9. The van der Waals surface area contributed by atoms with E-state index in [1.54, 1.807) is 11.1 Å². The third kappa shape index (κ3) is 5.25. The first-order valence-electron chi connectivity index (χ1n) is 11.3. The maximum Gasteiger partial charge on any atom is 0.0178 e. The zero-order chi connectivity index (χ0) is 19.9. The molecule has 2 atom stereocenters. The number of halogens is 1. The Morgan fingerprint density at radius 1 is 0.714 bits per heavy atom. The van der Waals surface area contributed by atoms with Gasteiger partial charge in [0.2, 0.25) is 0 Å². The molecule has 0 heterocycles. The van der Waals surface area contributed by atoms with Crippen molar-refractivity contribution in [2.24, 2.45) is 0 Å². The molecule has 0 N–H and O–H groups in total. The SMILES string of the molecule is CCCCCCC1c2cc(Br)ccc2-c2ccc(S)cc2[C@@H]1CCCCCC. The second kappa shape index (κ2) is 10.9. The fourth-order valence-corrected chi connectivity index (χ4v) is 5.51. The predicted molar refractivity (Wildman–Crippen MR) is 130 cm³/mol. The van der Waals surface area contributed by atoms with Gasteiger partial charge in [0, 0.05) is 9.37 Å². The molecule has 1 unspecified atom stereocenters. The second-order valence-corrected chi connectivity index (χ2v) is 9.85. The van der Waals surface area contributed by atoms with E-state index in [-0.39, 0.29) is 0 Å². The van der Waals surface area contributed by atoms with Gasteiger partial charge in [-0.15, -0.1) is 12.6 Å². The molecule has 1 aliphatic carbocycles. The van der Waals surface area contributed by atoms with Crippen molar-refractivity contribution in [3.05, 3.63) is 52.0 Å². The maximum absolute atomic E-state index is 4.69. The van der Waals surface area contributed by atoms with Crippen LogP contribution >= 0.6 is 28.6 Å². The Labute approximate surface area is 186 Å². The van der Waals surface area contributed by atoms with Gasteiger partial charge in [0.1, 0.15) is 0 Å². The van der Waals surface area contributed by atoms with Crippen molar-refractivity contribution in [3.8, 4) is 11.1 Å². The highest BCUT2D eigenvalue weighted by Crippen LogP contribution is 2.51. The van der Waals surface area contributed by atoms with Crippen LogP contribution in [0.25, 0.3) is 11.1 Å². The van der Waals surface area contributed by atoms with E-state index < -0.39 is 0 Å². The number of rotatable bonds is 10. The van der Waals surface area contributed by atoms with E-state index in [9.17, 15) is 0 Å². The Morgan fingerprint density at radius 2 is 1.25 bits per heavy atom. The molecule has 0 saturated heterocycles. The summed E-state index contributed by atoms with van der Waals surface area (Å²) in [5, 5.41) is 0. The molecule has 0 aromatic heterocycles. The highest BCUT2D eigenvalue weighted by Gasteiger charge is 2.33. The fourth-order valence-electron chi connectivity index (χ4n) is 4.92. The average molecular weight is 460 g/mol. The number of hydrogen-bond donors (Lipinski definition) is 1. The molecular formula is C26H35BrS. The summed E-state index contributed by atoms with van der Waals surface area (Å²) in [4.78, 5) is 1.10. The first kappa shape index (κ1) is 22.0. The number of fused-ring (bicyclic) bond motifs is 3. The third-order valence-electron chi connectivity index (χ3n) is 6.36. The van der Waals surface area contributed by atoms with Crippen LogP contribution in [-0.2, 0) is 0 Å². The summed E-state index contributed by atoms with van der Waals surface area (Å²) in [6.45, 7) is 4.60. The van der Waals surface area contributed by atoms with Gasteiger partial charge in [-0.25, -0.2) is 0 Å². The molecule has 2 aromatic carbocycles. The monoisotopic (exact) mass is 458 g/mol. The first-order chi connectivity index (χ1) is 13.7. The standard InChI is InChI=1S/C26H35BrS/c1-3-5-7-9-11-21-22(12-10-8-6-4-2)26-18-20(28)14-16-24(26)23-15-13-19(27)17-25(21)23/h13-18,21-22,28H,3-12H2,1-2H3/t21?,22-/m1/s1. The van der Waals surface area contributed by atoms with Gasteiger partial charge in [-0.05, 0) is 71.2 Å². The summed E-state index contributed by atoms with van der Waals surface area (Å²) in [6.07, 6.45) is 13.3. The van der Waals surface area contributed by atoms with E-state index in [1.165, 1.54) is 79.8 Å². The lowest BCUT2D eigenvalue weighted by Crippen LogP contribution is -2.18. The molecule has 0 saturated carbocycles. The summed E-state index contributed by atoms with van der Waals surface area (Å²) in [5.41, 5.74) is 5.98. The molecule has 28 heavy (non-hydrogen) atoms. The molecule has 2 heteroatoms. The van der Waals surface area contributed by atoms with Crippen molar-refractivity contribution in [1.29, 1.82) is 0 Å². The van der Waals surface area contributed by atoms with Gasteiger partial charge in [0.15, 0.2) is 0 Å². The van der Waals surface area contributed by atoms with Crippen molar-refractivity contribution in [2.75, 3.05) is 0 Å². The highest BCUT2D eigenvalue weighted by molar-refractivity contribution is 9.10. The number of hydrogen-bond acceptors (Lipinski definition) is 1. The van der Waals surface area contributed by atoms with Crippen molar-refractivity contribution >= 4 is 28.6 Å². The van der Waals surface area contributed by atoms with Gasteiger partial charge in [0.25, 0.3) is 0 Å². The maximum atomic E-state index is 4.69. The van der Waals surface area contributed by atoms with Crippen LogP contribution in [0.3, 0.4) is 0 Å². The molecule has 0 amide bonds. The molecule has 0 aliphatic heterocycles. The summed E-state index contributed by atoms with van der Waals surface area (Å²) in [7, 11) is 0. The predicted octanol–water partition coefficient (Wildman–Crippen LogP) is 9.53. The molecule has 152 valence electrons. The Kier molecular flexibility index (Phi) is 8.53. The zero-order valence-electron chi connectivity index (χ0n) is 17.5. The lowest BCUT2D eigenvalue weighted by atomic mass is 9.68. The summed E-state index contributed by atoms with van der Waals surface area (Å²) in [6, 6.07) is 13.7. The quantitative estimate of drug-likeness (QED) is 0.265. The van der Waals surface area contributed by atoms with E-state index in [2.05, 4.69) is 66.2 Å². The Morgan fingerprint density at radius 3 is 1.82 bits per heavy atom. The van der Waals surface area contributed by atoms with Crippen LogP contribution in [0, 0.1) is 0 Å². The van der Waals surface area contributed by atoms with Gasteiger partial charge in [0.05, 0.1) is 0 Å². The number of benzene rings is 2. The lowest BCUT2D eigenvalue weighted by Gasteiger charge is -2.36. The largest absolute Gasteiger partial charge is 0.143 e. The molecule has 0 nitrogen and oxygen atoms in total. The number of thiol groups is 1. The smallest absolute Gasteiger partial charge is 0.0178 e. The van der Waals surface area contributed by atoms with Gasteiger partial charge < -0.3 is 0 Å². The normalized spacial score (nSPS) is 18.0. The summed E-state index contributed by atoms with van der Waals surface area (Å²) in [5.74, 6) is 1.26. The van der Waals surface area contributed by atoms with Crippen LogP contribution in [0.5, 0.6) is 0 Å².